The van der Waals surface area contributed by atoms with Crippen molar-refractivity contribution in [1.29, 1.82) is 0 Å². The van der Waals surface area contributed by atoms with Gasteiger partial charge in [0.25, 0.3) is 0 Å². The molecule has 2 heteroatoms. The first-order valence-corrected chi connectivity index (χ1v) is 6.63. The van der Waals surface area contributed by atoms with E-state index in [1.807, 2.05) is 18.2 Å². The number of hydrogen-bond donors (Lipinski definition) is 1. The van der Waals surface area contributed by atoms with Crippen LogP contribution in [0.3, 0.4) is 0 Å². The Morgan fingerprint density at radius 2 is 1.72 bits per heavy atom. The second-order valence-corrected chi connectivity index (χ2v) is 5.64. The lowest BCUT2D eigenvalue weighted by atomic mass is 10.00. The molecule has 0 aromatic heterocycles. The third kappa shape index (κ3) is 2.29. The molecule has 18 heavy (non-hydrogen) atoms. The van der Waals surface area contributed by atoms with Crippen molar-refractivity contribution in [3.8, 4) is 0 Å². The Morgan fingerprint density at radius 1 is 1.06 bits per heavy atom. The minimum Gasteiger partial charge on any atom is -0.324 e. The molecule has 0 bridgehead atoms. The highest BCUT2D eigenvalue weighted by atomic mass is 35.5. The Balaban J connectivity index is 1.74. The lowest BCUT2D eigenvalue weighted by Gasteiger charge is -2.12. The molecule has 2 aromatic rings. The molecule has 1 aliphatic carbocycles. The summed E-state index contributed by atoms with van der Waals surface area (Å²) in [5.41, 5.74) is 9.01. The fraction of sp³-hybridized carbons (Fsp3) is 0.250. The smallest absolute Gasteiger partial charge is 0.0406 e. The second kappa shape index (κ2) is 4.42. The maximum absolute atomic E-state index is 6.46. The molecular weight excluding hydrogens is 242 g/mol. The Bertz CT molecular complexity index is 535. The zero-order valence-corrected chi connectivity index (χ0v) is 10.9. The predicted molar refractivity (Wildman–Crippen MR) is 75.9 cm³/mol. The van der Waals surface area contributed by atoms with Gasteiger partial charge in [-0.2, -0.15) is 0 Å². The minimum absolute atomic E-state index is 0.0742. The van der Waals surface area contributed by atoms with E-state index in [0.29, 0.717) is 5.92 Å². The maximum Gasteiger partial charge on any atom is 0.0406 e. The SMILES string of the molecule is N[C@@]1(Cc2ccccc2)C[C@@H]1c1ccc(Cl)cc1. The molecule has 0 unspecified atom stereocenters. The first kappa shape index (κ1) is 11.8. The van der Waals surface area contributed by atoms with Crippen molar-refractivity contribution in [3.63, 3.8) is 0 Å². The van der Waals surface area contributed by atoms with Gasteiger partial charge in [-0.05, 0) is 36.1 Å². The molecule has 0 radical (unpaired) electrons. The van der Waals surface area contributed by atoms with Crippen molar-refractivity contribution < 1.29 is 0 Å². The Kier molecular flexibility index (Phi) is 2.89. The highest BCUT2D eigenvalue weighted by Crippen LogP contribution is 2.51. The molecule has 0 spiro atoms. The largest absolute Gasteiger partial charge is 0.324 e. The fourth-order valence-corrected chi connectivity index (χ4v) is 2.76. The Hall–Kier alpha value is -1.31. The molecule has 3 rings (SSSR count). The van der Waals surface area contributed by atoms with Crippen molar-refractivity contribution in [2.75, 3.05) is 0 Å². The summed E-state index contributed by atoms with van der Waals surface area (Å²) < 4.78 is 0. The topological polar surface area (TPSA) is 26.0 Å². The number of nitrogens with two attached hydrogens (primary N) is 1. The normalized spacial score (nSPS) is 26.0. The van der Waals surface area contributed by atoms with Crippen LogP contribution in [0, 0.1) is 0 Å². The van der Waals surface area contributed by atoms with Gasteiger partial charge in [-0.15, -0.1) is 0 Å². The average Bonchev–Trinajstić information content (AvgIpc) is 3.03. The zero-order valence-electron chi connectivity index (χ0n) is 10.1. The summed E-state index contributed by atoms with van der Waals surface area (Å²) in [5.74, 6) is 0.468. The maximum atomic E-state index is 6.46. The summed E-state index contributed by atoms with van der Waals surface area (Å²) in [6.07, 6.45) is 2.00. The van der Waals surface area contributed by atoms with Crippen LogP contribution in [0.4, 0.5) is 0 Å². The van der Waals surface area contributed by atoms with Crippen molar-refractivity contribution in [3.05, 3.63) is 70.7 Å². The van der Waals surface area contributed by atoms with E-state index in [0.717, 1.165) is 17.9 Å². The number of rotatable bonds is 3. The summed E-state index contributed by atoms with van der Waals surface area (Å²) in [4.78, 5) is 0. The van der Waals surface area contributed by atoms with Crippen molar-refractivity contribution in [1.82, 2.24) is 0 Å². The van der Waals surface area contributed by atoms with Gasteiger partial charge in [-0.1, -0.05) is 54.1 Å². The van der Waals surface area contributed by atoms with Crippen molar-refractivity contribution in [2.45, 2.75) is 24.3 Å². The van der Waals surface area contributed by atoms with Gasteiger partial charge < -0.3 is 5.73 Å². The van der Waals surface area contributed by atoms with E-state index in [1.165, 1.54) is 11.1 Å². The molecule has 0 heterocycles. The standard InChI is InChI=1S/C16H16ClN/c17-14-8-6-13(7-9-14)15-11-16(15,18)10-12-4-2-1-3-5-12/h1-9,15H,10-11,18H2/t15-,16+/m1/s1. The molecular formula is C16H16ClN. The third-order valence-electron chi connectivity index (χ3n) is 3.77. The Morgan fingerprint density at radius 3 is 2.39 bits per heavy atom. The van der Waals surface area contributed by atoms with Crippen LogP contribution >= 0.6 is 11.6 Å². The first-order valence-electron chi connectivity index (χ1n) is 6.26. The van der Waals surface area contributed by atoms with Crippen LogP contribution < -0.4 is 5.73 Å². The van der Waals surface area contributed by atoms with E-state index < -0.39 is 0 Å². The second-order valence-electron chi connectivity index (χ2n) is 5.20. The fourth-order valence-electron chi connectivity index (χ4n) is 2.64. The minimum atomic E-state index is -0.0742. The highest BCUT2D eigenvalue weighted by molar-refractivity contribution is 6.30. The lowest BCUT2D eigenvalue weighted by molar-refractivity contribution is 0.646. The van der Waals surface area contributed by atoms with Gasteiger partial charge in [0.1, 0.15) is 0 Å². The van der Waals surface area contributed by atoms with Gasteiger partial charge in [0.05, 0.1) is 0 Å². The van der Waals surface area contributed by atoms with Gasteiger partial charge >= 0.3 is 0 Å². The van der Waals surface area contributed by atoms with Gasteiger partial charge in [-0.3, -0.25) is 0 Å². The molecule has 2 aromatic carbocycles. The molecule has 2 N–H and O–H groups in total. The van der Waals surface area contributed by atoms with Gasteiger partial charge in [0.15, 0.2) is 0 Å². The number of benzene rings is 2. The predicted octanol–water partition coefficient (Wildman–Crippen LogP) is 3.77. The van der Waals surface area contributed by atoms with Crippen LogP contribution in [0.25, 0.3) is 0 Å². The number of halogens is 1. The molecule has 1 saturated carbocycles. The van der Waals surface area contributed by atoms with Gasteiger partial charge in [-0.25, -0.2) is 0 Å². The summed E-state index contributed by atoms with van der Waals surface area (Å²) in [7, 11) is 0. The van der Waals surface area contributed by atoms with Crippen LogP contribution in [0.2, 0.25) is 5.02 Å². The van der Waals surface area contributed by atoms with Gasteiger partial charge in [0, 0.05) is 16.5 Å². The zero-order chi connectivity index (χ0) is 12.6. The van der Waals surface area contributed by atoms with Crippen molar-refractivity contribution in [2.24, 2.45) is 5.73 Å². The molecule has 1 aliphatic rings. The molecule has 0 aliphatic heterocycles. The number of hydrogen-bond acceptors (Lipinski definition) is 1. The van der Waals surface area contributed by atoms with Crippen LogP contribution in [0.15, 0.2) is 54.6 Å². The van der Waals surface area contributed by atoms with Gasteiger partial charge in [0.2, 0.25) is 0 Å². The molecule has 1 fully saturated rings. The quantitative estimate of drug-likeness (QED) is 0.890. The van der Waals surface area contributed by atoms with E-state index in [1.54, 1.807) is 0 Å². The summed E-state index contributed by atoms with van der Waals surface area (Å²) in [6, 6.07) is 18.5. The highest BCUT2D eigenvalue weighted by Gasteiger charge is 2.51. The van der Waals surface area contributed by atoms with Crippen molar-refractivity contribution >= 4 is 11.6 Å². The third-order valence-corrected chi connectivity index (χ3v) is 4.02. The van der Waals surface area contributed by atoms with E-state index >= 15 is 0 Å². The molecule has 92 valence electrons. The molecule has 1 nitrogen and oxygen atoms in total. The van der Waals surface area contributed by atoms with E-state index in [9.17, 15) is 0 Å². The monoisotopic (exact) mass is 257 g/mol. The molecule has 2 atom stereocenters. The summed E-state index contributed by atoms with van der Waals surface area (Å²) in [6.45, 7) is 0. The van der Waals surface area contributed by atoms with E-state index in [-0.39, 0.29) is 5.54 Å². The molecule has 0 amide bonds. The van der Waals surface area contributed by atoms with Crippen LogP contribution in [0.1, 0.15) is 23.5 Å². The van der Waals surface area contributed by atoms with Crippen LogP contribution in [-0.2, 0) is 6.42 Å². The molecule has 0 saturated heterocycles. The Labute approximate surface area is 113 Å². The summed E-state index contributed by atoms with van der Waals surface area (Å²) >= 11 is 5.91. The lowest BCUT2D eigenvalue weighted by Crippen LogP contribution is -2.27. The average molecular weight is 258 g/mol. The van der Waals surface area contributed by atoms with E-state index in [4.69, 9.17) is 17.3 Å². The van der Waals surface area contributed by atoms with Crippen LogP contribution in [-0.4, -0.2) is 5.54 Å². The van der Waals surface area contributed by atoms with Crippen LogP contribution in [0.5, 0.6) is 0 Å². The summed E-state index contributed by atoms with van der Waals surface area (Å²) in [5, 5.41) is 0.782. The first-order chi connectivity index (χ1) is 8.67. The van der Waals surface area contributed by atoms with E-state index in [2.05, 4.69) is 36.4 Å².